The van der Waals surface area contributed by atoms with Gasteiger partial charge in [-0.3, -0.25) is 4.90 Å². The smallest absolute Gasteiger partial charge is 0.160 e. The standard InChI is InChI=1S/C18H25NO3/c1-20-18(21-2)10-15-8-16-12-22-13-17(9-15)19(16)11-14-6-4-3-5-7-14/h3-8,16-18H,9-13H2,1-2H3. The van der Waals surface area contributed by atoms with E-state index in [1.807, 2.05) is 0 Å². The maximum Gasteiger partial charge on any atom is 0.160 e. The molecule has 0 radical (unpaired) electrons. The fraction of sp³-hybridized carbons (Fsp3) is 0.556. The second-order valence-electron chi connectivity index (χ2n) is 6.05. The van der Waals surface area contributed by atoms with Gasteiger partial charge in [-0.1, -0.05) is 42.0 Å². The summed E-state index contributed by atoms with van der Waals surface area (Å²) >= 11 is 0. The van der Waals surface area contributed by atoms with Crippen LogP contribution in [0.15, 0.2) is 42.0 Å². The van der Waals surface area contributed by atoms with Crippen LogP contribution in [0.1, 0.15) is 18.4 Å². The predicted octanol–water partition coefficient (Wildman–Crippen LogP) is 2.60. The van der Waals surface area contributed by atoms with E-state index in [4.69, 9.17) is 14.2 Å². The van der Waals surface area contributed by atoms with Crippen LogP contribution in [0.4, 0.5) is 0 Å². The van der Waals surface area contributed by atoms with Crippen LogP contribution in [-0.2, 0) is 20.8 Å². The van der Waals surface area contributed by atoms with E-state index in [9.17, 15) is 0 Å². The van der Waals surface area contributed by atoms with Gasteiger partial charge < -0.3 is 14.2 Å². The van der Waals surface area contributed by atoms with Crippen LogP contribution >= 0.6 is 0 Å². The van der Waals surface area contributed by atoms with Crippen LogP contribution < -0.4 is 0 Å². The zero-order chi connectivity index (χ0) is 15.4. The maximum absolute atomic E-state index is 5.76. The molecule has 3 rings (SSSR count). The molecule has 1 aromatic rings. The Bertz CT molecular complexity index is 498. The van der Waals surface area contributed by atoms with Crippen LogP contribution in [0.2, 0.25) is 0 Å². The largest absolute Gasteiger partial charge is 0.378 e. The maximum atomic E-state index is 5.76. The summed E-state index contributed by atoms with van der Waals surface area (Å²) in [4.78, 5) is 2.57. The Balaban J connectivity index is 1.71. The molecule has 2 unspecified atom stereocenters. The lowest BCUT2D eigenvalue weighted by atomic mass is 9.91. The van der Waals surface area contributed by atoms with Crippen LogP contribution in [0, 0.1) is 0 Å². The van der Waals surface area contributed by atoms with Crippen molar-refractivity contribution >= 4 is 0 Å². The molecule has 120 valence electrons. The van der Waals surface area contributed by atoms with Crippen molar-refractivity contribution in [3.63, 3.8) is 0 Å². The summed E-state index contributed by atoms with van der Waals surface area (Å²) in [7, 11) is 3.40. The van der Waals surface area contributed by atoms with Crippen LogP contribution in [0.3, 0.4) is 0 Å². The first kappa shape index (κ1) is 15.7. The van der Waals surface area contributed by atoms with Crippen molar-refractivity contribution in [3.8, 4) is 0 Å². The number of morpholine rings is 1. The molecule has 22 heavy (non-hydrogen) atoms. The molecule has 2 atom stereocenters. The van der Waals surface area contributed by atoms with E-state index < -0.39 is 0 Å². The number of methoxy groups -OCH3 is 2. The van der Waals surface area contributed by atoms with E-state index >= 15 is 0 Å². The van der Waals surface area contributed by atoms with Gasteiger partial charge in [0.25, 0.3) is 0 Å². The highest BCUT2D eigenvalue weighted by molar-refractivity contribution is 5.20. The number of ether oxygens (including phenoxy) is 3. The fourth-order valence-corrected chi connectivity index (χ4v) is 3.42. The molecule has 4 nitrogen and oxygen atoms in total. The summed E-state index contributed by atoms with van der Waals surface area (Å²) in [5, 5.41) is 0. The van der Waals surface area contributed by atoms with Crippen molar-refractivity contribution < 1.29 is 14.2 Å². The first-order chi connectivity index (χ1) is 10.8. The van der Waals surface area contributed by atoms with Crippen molar-refractivity contribution in [1.29, 1.82) is 0 Å². The Morgan fingerprint density at radius 2 is 1.95 bits per heavy atom. The number of nitrogens with zero attached hydrogens (tertiary/aromatic N) is 1. The lowest BCUT2D eigenvalue weighted by molar-refractivity contribution is -0.103. The molecular weight excluding hydrogens is 278 g/mol. The normalized spacial score (nSPS) is 25.3. The van der Waals surface area contributed by atoms with Crippen LogP contribution in [0.5, 0.6) is 0 Å². The molecule has 1 saturated heterocycles. The number of fused-ring (bicyclic) bond motifs is 2. The van der Waals surface area contributed by atoms with E-state index in [2.05, 4.69) is 41.3 Å². The van der Waals surface area contributed by atoms with Crippen molar-refractivity contribution in [2.75, 3.05) is 27.4 Å². The molecule has 0 spiro atoms. The van der Waals surface area contributed by atoms with Crippen molar-refractivity contribution in [2.45, 2.75) is 37.8 Å². The Morgan fingerprint density at radius 1 is 1.18 bits per heavy atom. The van der Waals surface area contributed by atoms with Crippen molar-refractivity contribution in [1.82, 2.24) is 4.90 Å². The molecule has 4 heteroatoms. The number of rotatable bonds is 6. The van der Waals surface area contributed by atoms with Gasteiger partial charge in [-0.05, 0) is 12.0 Å². The molecule has 2 aliphatic rings. The Kier molecular flexibility index (Phi) is 5.26. The zero-order valence-corrected chi connectivity index (χ0v) is 13.4. The third kappa shape index (κ3) is 3.58. The second kappa shape index (κ2) is 7.38. The quantitative estimate of drug-likeness (QED) is 0.597. The number of hydrogen-bond acceptors (Lipinski definition) is 4. The minimum absolute atomic E-state index is 0.145. The summed E-state index contributed by atoms with van der Waals surface area (Å²) in [5.41, 5.74) is 2.79. The lowest BCUT2D eigenvalue weighted by Gasteiger charge is -2.45. The summed E-state index contributed by atoms with van der Waals surface area (Å²) in [6, 6.07) is 11.5. The highest BCUT2D eigenvalue weighted by Gasteiger charge is 2.34. The van der Waals surface area contributed by atoms with Gasteiger partial charge in [-0.15, -0.1) is 0 Å². The van der Waals surface area contributed by atoms with Gasteiger partial charge in [0.05, 0.1) is 19.3 Å². The molecule has 0 aliphatic carbocycles. The Hall–Kier alpha value is -1.20. The second-order valence-corrected chi connectivity index (χ2v) is 6.05. The minimum atomic E-state index is -0.145. The predicted molar refractivity (Wildman–Crippen MR) is 85.5 cm³/mol. The van der Waals surface area contributed by atoms with Gasteiger partial charge in [0, 0.05) is 33.2 Å². The highest BCUT2D eigenvalue weighted by atomic mass is 16.7. The molecule has 1 fully saturated rings. The van der Waals surface area contributed by atoms with E-state index in [0.717, 1.165) is 32.6 Å². The number of benzene rings is 1. The third-order valence-corrected chi connectivity index (χ3v) is 4.58. The SMILES string of the molecule is COC(CC1=CC2COCC(C1)N2Cc1ccccc1)OC. The fourth-order valence-electron chi connectivity index (χ4n) is 3.42. The molecule has 0 saturated carbocycles. The number of hydrogen-bond donors (Lipinski definition) is 0. The van der Waals surface area contributed by atoms with Gasteiger partial charge in [0.2, 0.25) is 0 Å². The average molecular weight is 303 g/mol. The van der Waals surface area contributed by atoms with E-state index in [1.54, 1.807) is 14.2 Å². The lowest BCUT2D eigenvalue weighted by Crippen LogP contribution is -2.53. The average Bonchev–Trinajstić information content (AvgIpc) is 2.54. The van der Waals surface area contributed by atoms with Crippen LogP contribution in [0.25, 0.3) is 0 Å². The van der Waals surface area contributed by atoms with Gasteiger partial charge in [-0.2, -0.15) is 0 Å². The zero-order valence-electron chi connectivity index (χ0n) is 13.4. The first-order valence-corrected chi connectivity index (χ1v) is 7.92. The van der Waals surface area contributed by atoms with Gasteiger partial charge >= 0.3 is 0 Å². The van der Waals surface area contributed by atoms with Gasteiger partial charge in [-0.25, -0.2) is 0 Å². The van der Waals surface area contributed by atoms with Crippen molar-refractivity contribution in [3.05, 3.63) is 47.5 Å². The first-order valence-electron chi connectivity index (χ1n) is 7.92. The Labute approximate surface area is 132 Å². The van der Waals surface area contributed by atoms with Gasteiger partial charge in [0.1, 0.15) is 0 Å². The molecule has 0 aromatic heterocycles. The molecule has 0 amide bonds. The molecule has 2 aliphatic heterocycles. The summed E-state index contributed by atoms with van der Waals surface area (Å²) < 4.78 is 16.4. The molecular formula is C18H25NO3. The monoisotopic (exact) mass is 303 g/mol. The topological polar surface area (TPSA) is 30.9 Å². The molecule has 2 bridgehead atoms. The summed E-state index contributed by atoms with van der Waals surface area (Å²) in [5.74, 6) is 0. The van der Waals surface area contributed by atoms with Crippen molar-refractivity contribution in [2.24, 2.45) is 0 Å². The Morgan fingerprint density at radius 3 is 2.64 bits per heavy atom. The molecule has 0 N–H and O–H groups in total. The third-order valence-electron chi connectivity index (χ3n) is 4.58. The van der Waals surface area contributed by atoms with E-state index in [1.165, 1.54) is 11.1 Å². The van der Waals surface area contributed by atoms with E-state index in [0.29, 0.717) is 12.1 Å². The molecule has 1 aromatic carbocycles. The van der Waals surface area contributed by atoms with Gasteiger partial charge in [0.15, 0.2) is 6.29 Å². The van der Waals surface area contributed by atoms with E-state index in [-0.39, 0.29) is 6.29 Å². The summed E-state index contributed by atoms with van der Waals surface area (Å²) in [6.45, 7) is 2.57. The highest BCUT2D eigenvalue weighted by Crippen LogP contribution is 2.30. The minimum Gasteiger partial charge on any atom is -0.378 e. The van der Waals surface area contributed by atoms with Crippen LogP contribution in [-0.4, -0.2) is 50.7 Å². The molecule has 2 heterocycles. The summed E-state index contributed by atoms with van der Waals surface area (Å²) in [6.07, 6.45) is 4.09.